The zero-order valence-corrected chi connectivity index (χ0v) is 17.0. The molecule has 0 N–H and O–H groups in total. The van der Waals surface area contributed by atoms with Crippen LogP contribution < -0.4 is 4.90 Å². The summed E-state index contributed by atoms with van der Waals surface area (Å²) in [6.07, 6.45) is -2.05. The number of alkyl halides is 3. The molecule has 1 aliphatic heterocycles. The molecular formula is C21H22F3NO3S. The van der Waals surface area contributed by atoms with E-state index >= 15 is 0 Å². The van der Waals surface area contributed by atoms with Crippen molar-refractivity contribution in [1.29, 1.82) is 0 Å². The van der Waals surface area contributed by atoms with Crippen molar-refractivity contribution in [3.8, 4) is 0 Å². The van der Waals surface area contributed by atoms with Gasteiger partial charge in [-0.15, -0.1) is 11.3 Å². The summed E-state index contributed by atoms with van der Waals surface area (Å²) in [6.45, 7) is 4.27. The lowest BCUT2D eigenvalue weighted by Crippen LogP contribution is -2.36. The molecule has 156 valence electrons. The standard InChI is InChI=1S/C21H22F3NO3S/c1-13-12-27-20(28-13)8-7-16-9-19(29-18(16)10-20)25(14(2)26)11-15-3-5-17(6-4-15)21(22,23)24/h3-6,9,13H,7-8,10-12H2,1-2H3. The van der Waals surface area contributed by atoms with E-state index in [1.807, 2.05) is 13.0 Å². The van der Waals surface area contributed by atoms with Crippen LogP contribution in [0, 0.1) is 0 Å². The maximum Gasteiger partial charge on any atom is 0.416 e. The van der Waals surface area contributed by atoms with Gasteiger partial charge >= 0.3 is 6.18 Å². The summed E-state index contributed by atoms with van der Waals surface area (Å²) in [5, 5.41) is 0.797. The van der Waals surface area contributed by atoms with Crippen molar-refractivity contribution in [3.05, 3.63) is 51.9 Å². The van der Waals surface area contributed by atoms with Crippen LogP contribution in [0.1, 0.15) is 41.8 Å². The number of fused-ring (bicyclic) bond motifs is 1. The average molecular weight is 425 g/mol. The second-order valence-electron chi connectivity index (χ2n) is 7.66. The summed E-state index contributed by atoms with van der Waals surface area (Å²) in [7, 11) is 0. The second kappa shape index (κ2) is 7.41. The lowest BCUT2D eigenvalue weighted by Gasteiger charge is -2.31. The molecule has 1 saturated heterocycles. The molecule has 8 heteroatoms. The van der Waals surface area contributed by atoms with Crippen molar-refractivity contribution < 1.29 is 27.4 Å². The Morgan fingerprint density at radius 3 is 2.62 bits per heavy atom. The fraction of sp³-hybridized carbons (Fsp3) is 0.476. The predicted octanol–water partition coefficient (Wildman–Crippen LogP) is 4.94. The Labute approximate surface area is 171 Å². The first-order valence-corrected chi connectivity index (χ1v) is 10.3. The van der Waals surface area contributed by atoms with Gasteiger partial charge in [-0.05, 0) is 42.7 Å². The quantitative estimate of drug-likeness (QED) is 0.699. The van der Waals surface area contributed by atoms with Gasteiger partial charge in [-0.25, -0.2) is 0 Å². The molecule has 1 aromatic carbocycles. The normalized spacial score (nSPS) is 24.0. The number of ether oxygens (including phenoxy) is 2. The third-order valence-corrected chi connectivity index (χ3v) is 6.55. The Hall–Kier alpha value is -1.90. The first-order valence-electron chi connectivity index (χ1n) is 9.53. The third kappa shape index (κ3) is 4.20. The molecule has 0 radical (unpaired) electrons. The van der Waals surface area contributed by atoms with Crippen LogP contribution in [0.15, 0.2) is 30.3 Å². The van der Waals surface area contributed by atoms with Crippen molar-refractivity contribution in [2.24, 2.45) is 0 Å². The number of aryl methyl sites for hydroxylation is 1. The molecular weight excluding hydrogens is 403 g/mol. The number of nitrogens with zero attached hydrogens (tertiary/aromatic N) is 1. The molecule has 1 aromatic heterocycles. The second-order valence-corrected chi connectivity index (χ2v) is 8.78. The molecule has 4 nitrogen and oxygen atoms in total. The van der Waals surface area contributed by atoms with E-state index in [1.165, 1.54) is 36.0 Å². The zero-order valence-electron chi connectivity index (χ0n) is 16.2. The third-order valence-electron chi connectivity index (χ3n) is 5.35. The van der Waals surface area contributed by atoms with Gasteiger partial charge in [0.25, 0.3) is 0 Å². The topological polar surface area (TPSA) is 38.8 Å². The summed E-state index contributed by atoms with van der Waals surface area (Å²) >= 11 is 1.53. The average Bonchev–Trinajstić information content (AvgIpc) is 3.22. The lowest BCUT2D eigenvalue weighted by molar-refractivity contribution is -0.172. The van der Waals surface area contributed by atoms with Crippen LogP contribution in [0.3, 0.4) is 0 Å². The molecule has 1 fully saturated rings. The monoisotopic (exact) mass is 425 g/mol. The Kier molecular flexibility index (Phi) is 5.21. The predicted molar refractivity (Wildman–Crippen MR) is 104 cm³/mol. The van der Waals surface area contributed by atoms with E-state index in [2.05, 4.69) is 0 Å². The minimum absolute atomic E-state index is 0.0735. The molecule has 2 aromatic rings. The van der Waals surface area contributed by atoms with Gasteiger partial charge in [0.1, 0.15) is 0 Å². The van der Waals surface area contributed by atoms with Crippen LogP contribution in [0.2, 0.25) is 0 Å². The molecule has 2 aliphatic rings. The Morgan fingerprint density at radius 1 is 1.31 bits per heavy atom. The molecule has 2 atom stereocenters. The Bertz CT molecular complexity index is 909. The molecule has 4 rings (SSSR count). The van der Waals surface area contributed by atoms with Crippen LogP contribution in [0.5, 0.6) is 0 Å². The summed E-state index contributed by atoms with van der Waals surface area (Å²) < 4.78 is 50.2. The number of hydrogen-bond donors (Lipinski definition) is 0. The van der Waals surface area contributed by atoms with Crippen LogP contribution in [0.25, 0.3) is 0 Å². The highest BCUT2D eigenvalue weighted by Gasteiger charge is 2.43. The largest absolute Gasteiger partial charge is 0.416 e. The van der Waals surface area contributed by atoms with E-state index in [4.69, 9.17) is 9.47 Å². The van der Waals surface area contributed by atoms with E-state index in [1.54, 1.807) is 4.90 Å². The van der Waals surface area contributed by atoms with E-state index < -0.39 is 17.5 Å². The van der Waals surface area contributed by atoms with Crippen molar-refractivity contribution in [2.75, 3.05) is 11.5 Å². The van der Waals surface area contributed by atoms with E-state index in [0.29, 0.717) is 18.6 Å². The number of hydrogen-bond acceptors (Lipinski definition) is 4. The van der Waals surface area contributed by atoms with Gasteiger partial charge in [0.15, 0.2) is 5.79 Å². The van der Waals surface area contributed by atoms with Gasteiger partial charge in [-0.2, -0.15) is 13.2 Å². The first kappa shape index (κ1) is 20.4. The minimum Gasteiger partial charge on any atom is -0.347 e. The lowest BCUT2D eigenvalue weighted by atomic mass is 9.93. The van der Waals surface area contributed by atoms with Crippen LogP contribution >= 0.6 is 11.3 Å². The van der Waals surface area contributed by atoms with Crippen molar-refractivity contribution in [3.63, 3.8) is 0 Å². The van der Waals surface area contributed by atoms with Gasteiger partial charge in [0.2, 0.25) is 5.91 Å². The van der Waals surface area contributed by atoms with Crippen molar-refractivity contribution >= 4 is 22.2 Å². The summed E-state index contributed by atoms with van der Waals surface area (Å²) in [6, 6.07) is 6.95. The molecule has 1 spiro atoms. The van der Waals surface area contributed by atoms with Crippen LogP contribution in [0.4, 0.5) is 18.2 Å². The summed E-state index contributed by atoms with van der Waals surface area (Å²) in [4.78, 5) is 15.0. The zero-order chi connectivity index (χ0) is 20.8. The SMILES string of the molecule is CC(=O)N(Cc1ccc(C(F)(F)F)cc1)c1cc2c(s1)CC1(CC2)OCC(C)O1. The number of anilines is 1. The minimum atomic E-state index is -4.37. The summed E-state index contributed by atoms with van der Waals surface area (Å²) in [5.41, 5.74) is 1.13. The number of rotatable bonds is 3. The van der Waals surface area contributed by atoms with E-state index in [0.717, 1.165) is 34.9 Å². The number of carbonyl (C=O) groups excluding carboxylic acids is 1. The molecule has 0 bridgehead atoms. The van der Waals surface area contributed by atoms with Gasteiger partial charge in [0, 0.05) is 24.6 Å². The molecule has 29 heavy (non-hydrogen) atoms. The van der Waals surface area contributed by atoms with Gasteiger partial charge in [-0.3, -0.25) is 9.69 Å². The highest BCUT2D eigenvalue weighted by atomic mass is 32.1. The number of carbonyl (C=O) groups is 1. The first-order chi connectivity index (χ1) is 13.7. The maximum absolute atomic E-state index is 12.8. The number of benzene rings is 1. The van der Waals surface area contributed by atoms with E-state index in [-0.39, 0.29) is 18.6 Å². The Morgan fingerprint density at radius 2 is 2.03 bits per heavy atom. The van der Waals surface area contributed by atoms with Gasteiger partial charge < -0.3 is 9.47 Å². The summed E-state index contributed by atoms with van der Waals surface area (Å²) in [5.74, 6) is -0.719. The fourth-order valence-electron chi connectivity index (χ4n) is 3.86. The number of thiophene rings is 1. The smallest absolute Gasteiger partial charge is 0.347 e. The van der Waals surface area contributed by atoms with Gasteiger partial charge in [0.05, 0.1) is 29.8 Å². The van der Waals surface area contributed by atoms with Crippen LogP contribution in [-0.2, 0) is 39.8 Å². The maximum atomic E-state index is 12.8. The molecule has 2 unspecified atom stereocenters. The Balaban J connectivity index is 1.54. The van der Waals surface area contributed by atoms with Crippen molar-refractivity contribution in [2.45, 2.75) is 57.7 Å². The molecule has 1 aliphatic carbocycles. The fourth-order valence-corrected chi connectivity index (χ4v) is 5.20. The highest BCUT2D eigenvalue weighted by molar-refractivity contribution is 7.16. The number of amides is 1. The van der Waals surface area contributed by atoms with Crippen LogP contribution in [-0.4, -0.2) is 24.4 Å². The molecule has 0 saturated carbocycles. The highest BCUT2D eigenvalue weighted by Crippen LogP contribution is 2.43. The molecule has 1 amide bonds. The van der Waals surface area contributed by atoms with E-state index in [9.17, 15) is 18.0 Å². The molecule has 2 heterocycles. The van der Waals surface area contributed by atoms with Gasteiger partial charge in [-0.1, -0.05) is 12.1 Å². The van der Waals surface area contributed by atoms with Crippen molar-refractivity contribution in [1.82, 2.24) is 0 Å². The number of halogens is 3.